The summed E-state index contributed by atoms with van der Waals surface area (Å²) in [5.41, 5.74) is -0.276. The van der Waals surface area contributed by atoms with Gasteiger partial charge in [-0.3, -0.25) is 9.59 Å². The van der Waals surface area contributed by atoms with Gasteiger partial charge in [0.1, 0.15) is 10.5 Å². The molecular formula is C10H13BrN4O3. The van der Waals surface area contributed by atoms with Crippen LogP contribution >= 0.6 is 15.9 Å². The maximum Gasteiger partial charge on any atom is 0.267 e. The third-order valence-electron chi connectivity index (χ3n) is 2.73. The van der Waals surface area contributed by atoms with E-state index in [-0.39, 0.29) is 18.1 Å². The molecule has 2 rings (SSSR count). The second kappa shape index (κ2) is 5.49. The van der Waals surface area contributed by atoms with E-state index >= 15 is 0 Å². The highest BCUT2D eigenvalue weighted by atomic mass is 79.9. The third-order valence-corrected chi connectivity index (χ3v) is 3.44. The molecule has 98 valence electrons. The zero-order valence-corrected chi connectivity index (χ0v) is 11.4. The number of aromatic nitrogens is 2. The number of rotatable bonds is 2. The molecule has 1 unspecified atom stereocenters. The summed E-state index contributed by atoms with van der Waals surface area (Å²) < 4.78 is 5.62. The van der Waals surface area contributed by atoms with Crippen LogP contribution in [0.4, 0.5) is 5.82 Å². The number of amides is 1. The summed E-state index contributed by atoms with van der Waals surface area (Å²) in [5.74, 6) is 0.291. The SMILES string of the molecule is CNC(=O)C1COCCN1c1nc[nH]c(=O)c1Br. The van der Waals surface area contributed by atoms with Crippen LogP contribution in [-0.4, -0.2) is 48.7 Å². The molecular weight excluding hydrogens is 304 g/mol. The molecule has 0 bridgehead atoms. The normalized spacial score (nSPS) is 19.7. The lowest BCUT2D eigenvalue weighted by atomic mass is 10.2. The molecule has 1 aliphatic rings. The Balaban J connectivity index is 2.37. The van der Waals surface area contributed by atoms with Crippen molar-refractivity contribution in [3.63, 3.8) is 0 Å². The molecule has 2 N–H and O–H groups in total. The van der Waals surface area contributed by atoms with Crippen molar-refractivity contribution < 1.29 is 9.53 Å². The van der Waals surface area contributed by atoms with Crippen molar-refractivity contribution in [1.29, 1.82) is 0 Å². The number of morpholine rings is 1. The fourth-order valence-electron chi connectivity index (χ4n) is 1.81. The Kier molecular flexibility index (Phi) is 3.97. The summed E-state index contributed by atoms with van der Waals surface area (Å²) >= 11 is 3.19. The minimum atomic E-state index is -0.477. The highest BCUT2D eigenvalue weighted by Gasteiger charge is 2.31. The van der Waals surface area contributed by atoms with E-state index in [1.54, 1.807) is 11.9 Å². The summed E-state index contributed by atoms with van der Waals surface area (Å²) in [6, 6.07) is -0.477. The summed E-state index contributed by atoms with van der Waals surface area (Å²) in [4.78, 5) is 31.7. The van der Waals surface area contributed by atoms with Gasteiger partial charge in [-0.15, -0.1) is 0 Å². The van der Waals surface area contributed by atoms with Crippen LogP contribution in [0, 0.1) is 0 Å². The molecule has 7 nitrogen and oxygen atoms in total. The van der Waals surface area contributed by atoms with E-state index in [4.69, 9.17) is 4.74 Å². The monoisotopic (exact) mass is 316 g/mol. The third kappa shape index (κ3) is 2.39. The van der Waals surface area contributed by atoms with E-state index < -0.39 is 6.04 Å². The molecule has 1 aromatic rings. The second-order valence-electron chi connectivity index (χ2n) is 3.77. The number of carbonyl (C=O) groups excluding carboxylic acids is 1. The number of halogens is 1. The quantitative estimate of drug-likeness (QED) is 0.767. The Morgan fingerprint density at radius 2 is 2.50 bits per heavy atom. The number of hydrogen-bond acceptors (Lipinski definition) is 5. The lowest BCUT2D eigenvalue weighted by molar-refractivity contribution is -0.124. The van der Waals surface area contributed by atoms with Crippen molar-refractivity contribution in [3.8, 4) is 0 Å². The first-order valence-electron chi connectivity index (χ1n) is 5.44. The highest BCUT2D eigenvalue weighted by Crippen LogP contribution is 2.23. The Morgan fingerprint density at radius 3 is 3.22 bits per heavy atom. The van der Waals surface area contributed by atoms with Crippen LogP contribution in [0.25, 0.3) is 0 Å². The average molecular weight is 317 g/mol. The standard InChI is InChI=1S/C10H13BrN4O3/c1-12-9(16)6-4-18-3-2-15(6)8-7(11)10(17)14-5-13-8/h5-6H,2-4H2,1H3,(H,12,16)(H,13,14,17). The Hall–Kier alpha value is -1.41. The molecule has 1 amide bonds. The summed E-state index contributed by atoms with van der Waals surface area (Å²) in [6.45, 7) is 1.28. The number of likely N-dealkylation sites (N-methyl/N-ethyl adjacent to an activating group) is 1. The topological polar surface area (TPSA) is 87.3 Å². The zero-order valence-electron chi connectivity index (χ0n) is 9.77. The van der Waals surface area contributed by atoms with Crippen LogP contribution in [0.3, 0.4) is 0 Å². The Morgan fingerprint density at radius 1 is 1.72 bits per heavy atom. The minimum Gasteiger partial charge on any atom is -0.377 e. The van der Waals surface area contributed by atoms with Gasteiger partial charge >= 0.3 is 0 Å². The lowest BCUT2D eigenvalue weighted by Gasteiger charge is -2.35. The second-order valence-corrected chi connectivity index (χ2v) is 4.56. The molecule has 0 saturated carbocycles. The highest BCUT2D eigenvalue weighted by molar-refractivity contribution is 9.10. The van der Waals surface area contributed by atoms with Gasteiger partial charge < -0.3 is 19.9 Å². The van der Waals surface area contributed by atoms with Crippen molar-refractivity contribution in [2.45, 2.75) is 6.04 Å². The summed E-state index contributed by atoms with van der Waals surface area (Å²) in [6.07, 6.45) is 1.32. The van der Waals surface area contributed by atoms with Gasteiger partial charge in [0.25, 0.3) is 5.56 Å². The van der Waals surface area contributed by atoms with Gasteiger partial charge in [0, 0.05) is 13.6 Å². The van der Waals surface area contributed by atoms with Gasteiger partial charge in [0.05, 0.1) is 19.5 Å². The maximum atomic E-state index is 11.8. The van der Waals surface area contributed by atoms with Crippen molar-refractivity contribution in [1.82, 2.24) is 15.3 Å². The van der Waals surface area contributed by atoms with Gasteiger partial charge in [-0.25, -0.2) is 4.98 Å². The smallest absolute Gasteiger partial charge is 0.267 e. The van der Waals surface area contributed by atoms with Crippen LogP contribution in [0.15, 0.2) is 15.6 Å². The number of ether oxygens (including phenoxy) is 1. The molecule has 18 heavy (non-hydrogen) atoms. The van der Waals surface area contributed by atoms with E-state index in [9.17, 15) is 9.59 Å². The first-order valence-corrected chi connectivity index (χ1v) is 6.23. The van der Waals surface area contributed by atoms with Crippen LogP contribution in [0.2, 0.25) is 0 Å². The number of anilines is 1. The lowest BCUT2D eigenvalue weighted by Crippen LogP contribution is -2.54. The Labute approximate surface area is 112 Å². The molecule has 1 atom stereocenters. The van der Waals surface area contributed by atoms with E-state index in [1.807, 2.05) is 0 Å². The Bertz CT molecular complexity index is 504. The van der Waals surface area contributed by atoms with Gasteiger partial charge in [0.15, 0.2) is 5.82 Å². The van der Waals surface area contributed by atoms with Crippen LogP contribution in [0.1, 0.15) is 0 Å². The number of nitrogens with one attached hydrogen (secondary N) is 2. The van der Waals surface area contributed by atoms with Crippen molar-refractivity contribution >= 4 is 27.7 Å². The molecule has 0 spiro atoms. The molecule has 1 aromatic heterocycles. The number of H-pyrrole nitrogens is 1. The first-order chi connectivity index (χ1) is 8.65. The zero-order chi connectivity index (χ0) is 13.1. The molecule has 1 fully saturated rings. The first kappa shape index (κ1) is 13.0. The predicted molar refractivity (Wildman–Crippen MR) is 68.6 cm³/mol. The van der Waals surface area contributed by atoms with Gasteiger partial charge in [-0.2, -0.15) is 0 Å². The van der Waals surface area contributed by atoms with Crippen molar-refractivity contribution in [2.24, 2.45) is 0 Å². The fourth-order valence-corrected chi connectivity index (χ4v) is 2.26. The maximum absolute atomic E-state index is 11.8. The number of hydrogen-bond donors (Lipinski definition) is 2. The van der Waals surface area contributed by atoms with E-state index in [0.29, 0.717) is 23.4 Å². The molecule has 1 aliphatic heterocycles. The van der Waals surface area contributed by atoms with Crippen LogP contribution in [0.5, 0.6) is 0 Å². The number of nitrogens with zero attached hydrogens (tertiary/aromatic N) is 2. The van der Waals surface area contributed by atoms with E-state index in [2.05, 4.69) is 31.2 Å². The molecule has 1 saturated heterocycles. The largest absolute Gasteiger partial charge is 0.377 e. The fraction of sp³-hybridized carbons (Fsp3) is 0.500. The predicted octanol–water partition coefficient (Wildman–Crippen LogP) is -0.516. The molecule has 2 heterocycles. The summed E-state index contributed by atoms with van der Waals surface area (Å²) in [5, 5.41) is 2.58. The summed E-state index contributed by atoms with van der Waals surface area (Å²) in [7, 11) is 1.56. The van der Waals surface area contributed by atoms with Crippen molar-refractivity contribution in [3.05, 3.63) is 21.2 Å². The number of carbonyl (C=O) groups is 1. The average Bonchev–Trinajstić information content (AvgIpc) is 2.41. The van der Waals surface area contributed by atoms with Gasteiger partial charge in [-0.05, 0) is 15.9 Å². The van der Waals surface area contributed by atoms with E-state index in [1.165, 1.54) is 6.33 Å². The van der Waals surface area contributed by atoms with E-state index in [0.717, 1.165) is 0 Å². The van der Waals surface area contributed by atoms with Gasteiger partial charge in [-0.1, -0.05) is 0 Å². The molecule has 0 aliphatic carbocycles. The van der Waals surface area contributed by atoms with Crippen molar-refractivity contribution in [2.75, 3.05) is 31.7 Å². The molecule has 8 heteroatoms. The van der Waals surface area contributed by atoms with Gasteiger partial charge in [0.2, 0.25) is 5.91 Å². The molecule has 0 aromatic carbocycles. The number of aromatic amines is 1. The molecule has 0 radical (unpaired) electrons. The van der Waals surface area contributed by atoms with Crippen LogP contribution < -0.4 is 15.8 Å². The minimum absolute atomic E-state index is 0.163. The van der Waals surface area contributed by atoms with Crippen LogP contribution in [-0.2, 0) is 9.53 Å².